The molecule has 5 nitrogen and oxygen atoms in total. The number of rotatable bonds is 5. The molecule has 0 bridgehead atoms. The zero-order chi connectivity index (χ0) is 19.5. The molecule has 150 valence electrons. The highest BCUT2D eigenvalue weighted by molar-refractivity contribution is 5.91. The minimum Gasteiger partial charge on any atom is -0.381 e. The molecule has 2 aliphatic heterocycles. The van der Waals surface area contributed by atoms with Gasteiger partial charge in [0.05, 0.1) is 24.8 Å². The molecule has 1 atom stereocenters. The third-order valence-electron chi connectivity index (χ3n) is 5.95. The molecule has 2 fully saturated rings. The Bertz CT molecular complexity index is 949. The Morgan fingerprint density at radius 2 is 1.72 bits per heavy atom. The lowest BCUT2D eigenvalue weighted by Crippen LogP contribution is -2.38. The SMILES string of the molecule is c1ccc(-c2nc(N3CCC(OCC4CCOC4)CC3)c3ccccc3n2)cc1. The Labute approximate surface area is 171 Å². The zero-order valence-corrected chi connectivity index (χ0v) is 16.7. The number of hydrogen-bond donors (Lipinski definition) is 0. The van der Waals surface area contributed by atoms with Crippen molar-refractivity contribution in [3.05, 3.63) is 54.6 Å². The van der Waals surface area contributed by atoms with Crippen LogP contribution in [0.3, 0.4) is 0 Å². The van der Waals surface area contributed by atoms with Gasteiger partial charge in [-0.1, -0.05) is 42.5 Å². The van der Waals surface area contributed by atoms with E-state index in [1.165, 1.54) is 0 Å². The molecule has 0 radical (unpaired) electrons. The van der Waals surface area contributed by atoms with E-state index < -0.39 is 0 Å². The fraction of sp³-hybridized carbons (Fsp3) is 0.417. The summed E-state index contributed by atoms with van der Waals surface area (Å²) < 4.78 is 11.7. The third-order valence-corrected chi connectivity index (χ3v) is 5.95. The number of ether oxygens (including phenoxy) is 2. The molecule has 0 saturated carbocycles. The maximum absolute atomic E-state index is 6.19. The molecule has 0 spiro atoms. The van der Waals surface area contributed by atoms with Crippen molar-refractivity contribution in [2.24, 2.45) is 5.92 Å². The number of benzene rings is 2. The van der Waals surface area contributed by atoms with Crippen LogP contribution < -0.4 is 4.90 Å². The van der Waals surface area contributed by atoms with Crippen molar-refractivity contribution in [3.8, 4) is 11.4 Å². The van der Waals surface area contributed by atoms with E-state index in [0.29, 0.717) is 12.0 Å². The van der Waals surface area contributed by atoms with Crippen LogP contribution in [0.25, 0.3) is 22.3 Å². The van der Waals surface area contributed by atoms with Gasteiger partial charge in [0.1, 0.15) is 5.82 Å². The quantitative estimate of drug-likeness (QED) is 0.650. The van der Waals surface area contributed by atoms with Crippen molar-refractivity contribution in [2.45, 2.75) is 25.4 Å². The fourth-order valence-electron chi connectivity index (χ4n) is 4.24. The highest BCUT2D eigenvalue weighted by atomic mass is 16.5. The Morgan fingerprint density at radius 1 is 0.931 bits per heavy atom. The van der Waals surface area contributed by atoms with Crippen LogP contribution in [0.4, 0.5) is 5.82 Å². The topological polar surface area (TPSA) is 47.5 Å². The minimum atomic E-state index is 0.341. The average Bonchev–Trinajstić information content (AvgIpc) is 3.32. The molecule has 2 aromatic carbocycles. The molecular weight excluding hydrogens is 362 g/mol. The van der Waals surface area contributed by atoms with Gasteiger partial charge in [0, 0.05) is 36.6 Å². The molecule has 2 aliphatic rings. The standard InChI is InChI=1S/C24H27N3O2/c1-2-6-19(7-3-1)23-25-22-9-5-4-8-21(22)24(26-23)27-13-10-20(11-14-27)29-17-18-12-15-28-16-18/h1-9,18,20H,10-17H2. The summed E-state index contributed by atoms with van der Waals surface area (Å²) in [5, 5.41) is 1.12. The van der Waals surface area contributed by atoms with Crippen LogP contribution in [0.15, 0.2) is 54.6 Å². The monoisotopic (exact) mass is 389 g/mol. The van der Waals surface area contributed by atoms with E-state index in [9.17, 15) is 0 Å². The largest absolute Gasteiger partial charge is 0.381 e. The summed E-state index contributed by atoms with van der Waals surface area (Å²) >= 11 is 0. The lowest BCUT2D eigenvalue weighted by atomic mass is 10.1. The molecule has 1 aromatic heterocycles. The summed E-state index contributed by atoms with van der Waals surface area (Å²) in [6.45, 7) is 4.49. The van der Waals surface area contributed by atoms with Crippen LogP contribution in [-0.4, -0.2) is 49.0 Å². The zero-order valence-electron chi connectivity index (χ0n) is 16.7. The van der Waals surface area contributed by atoms with Gasteiger partial charge in [-0.15, -0.1) is 0 Å². The van der Waals surface area contributed by atoms with Gasteiger partial charge in [-0.05, 0) is 31.4 Å². The van der Waals surface area contributed by atoms with Gasteiger partial charge in [-0.25, -0.2) is 9.97 Å². The first kappa shape index (κ1) is 18.5. The molecule has 0 N–H and O–H groups in total. The first-order chi connectivity index (χ1) is 14.4. The van der Waals surface area contributed by atoms with Gasteiger partial charge in [0.25, 0.3) is 0 Å². The highest BCUT2D eigenvalue weighted by Gasteiger charge is 2.24. The van der Waals surface area contributed by atoms with Crippen LogP contribution in [0.1, 0.15) is 19.3 Å². The second-order valence-corrected chi connectivity index (χ2v) is 8.00. The van der Waals surface area contributed by atoms with E-state index in [1.54, 1.807) is 0 Å². The summed E-state index contributed by atoms with van der Waals surface area (Å²) in [5.41, 5.74) is 2.05. The van der Waals surface area contributed by atoms with Crippen molar-refractivity contribution < 1.29 is 9.47 Å². The summed E-state index contributed by atoms with van der Waals surface area (Å²) in [4.78, 5) is 12.2. The second-order valence-electron chi connectivity index (χ2n) is 8.00. The second kappa shape index (κ2) is 8.47. The Morgan fingerprint density at radius 3 is 2.52 bits per heavy atom. The number of piperidine rings is 1. The van der Waals surface area contributed by atoms with E-state index in [4.69, 9.17) is 19.4 Å². The van der Waals surface area contributed by atoms with Gasteiger partial charge in [-0.2, -0.15) is 0 Å². The number of aromatic nitrogens is 2. The lowest BCUT2D eigenvalue weighted by molar-refractivity contribution is 0.0131. The predicted molar refractivity (Wildman–Crippen MR) is 115 cm³/mol. The van der Waals surface area contributed by atoms with Gasteiger partial charge in [0.15, 0.2) is 5.82 Å². The summed E-state index contributed by atoms with van der Waals surface area (Å²) in [6, 6.07) is 18.5. The molecule has 0 aliphatic carbocycles. The van der Waals surface area contributed by atoms with E-state index in [2.05, 4.69) is 35.2 Å². The highest BCUT2D eigenvalue weighted by Crippen LogP contribution is 2.30. The van der Waals surface area contributed by atoms with Crippen LogP contribution in [-0.2, 0) is 9.47 Å². The molecule has 5 rings (SSSR count). The normalized spacial score (nSPS) is 20.4. The van der Waals surface area contributed by atoms with E-state index in [-0.39, 0.29) is 0 Å². The third kappa shape index (κ3) is 4.11. The van der Waals surface area contributed by atoms with Crippen LogP contribution in [0.2, 0.25) is 0 Å². The van der Waals surface area contributed by atoms with Crippen molar-refractivity contribution >= 4 is 16.7 Å². The fourth-order valence-corrected chi connectivity index (χ4v) is 4.24. The number of para-hydroxylation sites is 1. The molecular formula is C24H27N3O2. The predicted octanol–water partition coefficient (Wildman–Crippen LogP) is 4.32. The van der Waals surface area contributed by atoms with Crippen LogP contribution in [0.5, 0.6) is 0 Å². The minimum absolute atomic E-state index is 0.341. The molecule has 5 heteroatoms. The summed E-state index contributed by atoms with van der Waals surface area (Å²) in [5.74, 6) is 2.41. The van der Waals surface area contributed by atoms with Crippen molar-refractivity contribution in [2.75, 3.05) is 37.8 Å². The van der Waals surface area contributed by atoms with Crippen LogP contribution in [0, 0.1) is 5.92 Å². The smallest absolute Gasteiger partial charge is 0.162 e. The maximum atomic E-state index is 6.19. The molecule has 3 heterocycles. The lowest BCUT2D eigenvalue weighted by Gasteiger charge is -2.33. The summed E-state index contributed by atoms with van der Waals surface area (Å²) in [6.07, 6.45) is 3.54. The number of anilines is 1. The molecule has 0 amide bonds. The number of nitrogens with zero attached hydrogens (tertiary/aromatic N) is 3. The van der Waals surface area contributed by atoms with Gasteiger partial charge >= 0.3 is 0 Å². The van der Waals surface area contributed by atoms with E-state index in [1.807, 2.05) is 24.3 Å². The number of fused-ring (bicyclic) bond motifs is 1. The van der Waals surface area contributed by atoms with E-state index >= 15 is 0 Å². The van der Waals surface area contributed by atoms with E-state index in [0.717, 1.165) is 80.3 Å². The Hall–Kier alpha value is -2.50. The van der Waals surface area contributed by atoms with Gasteiger partial charge in [-0.3, -0.25) is 0 Å². The first-order valence-corrected chi connectivity index (χ1v) is 10.6. The molecule has 29 heavy (non-hydrogen) atoms. The first-order valence-electron chi connectivity index (χ1n) is 10.6. The number of hydrogen-bond acceptors (Lipinski definition) is 5. The summed E-state index contributed by atoms with van der Waals surface area (Å²) in [7, 11) is 0. The Kier molecular flexibility index (Phi) is 5.41. The van der Waals surface area contributed by atoms with Crippen molar-refractivity contribution in [1.82, 2.24) is 9.97 Å². The van der Waals surface area contributed by atoms with Gasteiger partial charge in [0.2, 0.25) is 0 Å². The average molecular weight is 389 g/mol. The van der Waals surface area contributed by atoms with Gasteiger partial charge < -0.3 is 14.4 Å². The molecule has 2 saturated heterocycles. The van der Waals surface area contributed by atoms with Crippen molar-refractivity contribution in [1.29, 1.82) is 0 Å². The molecule has 1 unspecified atom stereocenters. The van der Waals surface area contributed by atoms with Crippen LogP contribution >= 0.6 is 0 Å². The van der Waals surface area contributed by atoms with Crippen molar-refractivity contribution in [3.63, 3.8) is 0 Å². The Balaban J connectivity index is 1.34. The molecule has 3 aromatic rings. The maximum Gasteiger partial charge on any atom is 0.162 e.